The van der Waals surface area contributed by atoms with E-state index >= 15 is 0 Å². The summed E-state index contributed by atoms with van der Waals surface area (Å²) in [5.41, 5.74) is 10.4. The van der Waals surface area contributed by atoms with E-state index < -0.39 is 0 Å². The molecule has 32 heavy (non-hydrogen) atoms. The Balaban J connectivity index is 1.41. The van der Waals surface area contributed by atoms with E-state index in [2.05, 4.69) is 65.5 Å². The first-order valence-corrected chi connectivity index (χ1v) is 11.4. The number of nitrogens with zero attached hydrogens (tertiary/aromatic N) is 3. The van der Waals surface area contributed by atoms with E-state index in [4.69, 9.17) is 4.98 Å². The Morgan fingerprint density at radius 2 is 1.72 bits per heavy atom. The fraction of sp³-hybridized carbons (Fsp3) is 0.250. The van der Waals surface area contributed by atoms with E-state index in [1.807, 2.05) is 30.5 Å². The molecule has 3 heterocycles. The largest absolute Gasteiger partial charge is 0.381 e. The van der Waals surface area contributed by atoms with Crippen LogP contribution in [0.5, 0.6) is 0 Å². The summed E-state index contributed by atoms with van der Waals surface area (Å²) in [6.45, 7) is 5.22. The van der Waals surface area contributed by atoms with Crippen LogP contribution in [-0.2, 0) is 19.4 Å². The molecule has 1 aliphatic carbocycles. The molecule has 0 aliphatic heterocycles. The van der Waals surface area contributed by atoms with Crippen LogP contribution in [0, 0.1) is 0 Å². The lowest BCUT2D eigenvalue weighted by atomic mass is 9.94. The molecular weight excluding hydrogens is 392 g/mol. The predicted octanol–water partition coefficient (Wildman–Crippen LogP) is 6.43. The quantitative estimate of drug-likeness (QED) is 0.390. The molecule has 3 aromatic heterocycles. The molecule has 0 bridgehead atoms. The van der Waals surface area contributed by atoms with Gasteiger partial charge in [-0.05, 0) is 66.1 Å². The Morgan fingerprint density at radius 3 is 2.50 bits per heavy atom. The number of aryl methyl sites for hydroxylation is 1. The topological polar surface area (TPSA) is 50.7 Å². The number of benzene rings is 1. The van der Waals surface area contributed by atoms with Crippen molar-refractivity contribution in [2.24, 2.45) is 0 Å². The molecule has 0 saturated carbocycles. The van der Waals surface area contributed by atoms with Crippen LogP contribution in [0.25, 0.3) is 22.6 Å². The van der Waals surface area contributed by atoms with Gasteiger partial charge in [-0.2, -0.15) is 0 Å². The zero-order chi connectivity index (χ0) is 21.9. The van der Waals surface area contributed by atoms with E-state index in [9.17, 15) is 0 Å². The molecule has 0 atom stereocenters. The summed E-state index contributed by atoms with van der Waals surface area (Å²) < 4.78 is 0. The Hall–Kier alpha value is -3.53. The molecule has 0 radical (unpaired) electrons. The number of pyridine rings is 3. The molecule has 160 valence electrons. The summed E-state index contributed by atoms with van der Waals surface area (Å²) in [5, 5.41) is 3.68. The molecule has 0 fully saturated rings. The second-order valence-electron chi connectivity index (χ2n) is 8.70. The van der Waals surface area contributed by atoms with Crippen molar-refractivity contribution in [1.82, 2.24) is 15.0 Å². The lowest BCUT2D eigenvalue weighted by Crippen LogP contribution is -2.05. The molecular formula is C28H28N4. The minimum Gasteiger partial charge on any atom is -0.381 e. The third-order valence-electron chi connectivity index (χ3n) is 6.14. The molecule has 4 aromatic rings. The third kappa shape index (κ3) is 4.13. The van der Waals surface area contributed by atoms with Crippen LogP contribution < -0.4 is 5.32 Å². The second-order valence-corrected chi connectivity index (χ2v) is 8.70. The summed E-state index contributed by atoms with van der Waals surface area (Å²) in [7, 11) is 0. The number of rotatable bonds is 6. The SMILES string of the molecule is CC(C)c1ccccc1-c1cc(NCc2ccc(-c3ccccn3)nc2)c2c(n1)CCC2. The highest BCUT2D eigenvalue weighted by Gasteiger charge is 2.20. The van der Waals surface area contributed by atoms with Crippen molar-refractivity contribution < 1.29 is 0 Å². The molecule has 0 saturated heterocycles. The minimum atomic E-state index is 0.460. The molecule has 5 rings (SSSR count). The number of aromatic nitrogens is 3. The average Bonchev–Trinajstić information content (AvgIpc) is 3.32. The van der Waals surface area contributed by atoms with Crippen molar-refractivity contribution in [3.05, 3.63) is 95.4 Å². The van der Waals surface area contributed by atoms with Crippen molar-refractivity contribution in [2.75, 3.05) is 5.32 Å². The van der Waals surface area contributed by atoms with E-state index in [0.717, 1.165) is 42.0 Å². The van der Waals surface area contributed by atoms with E-state index in [-0.39, 0.29) is 0 Å². The minimum absolute atomic E-state index is 0.460. The van der Waals surface area contributed by atoms with Gasteiger partial charge in [0, 0.05) is 35.9 Å². The van der Waals surface area contributed by atoms with Gasteiger partial charge in [0.05, 0.1) is 17.1 Å². The fourth-order valence-electron chi connectivity index (χ4n) is 4.46. The molecule has 0 spiro atoms. The van der Waals surface area contributed by atoms with E-state index in [0.29, 0.717) is 5.92 Å². The maximum absolute atomic E-state index is 5.07. The third-order valence-corrected chi connectivity index (χ3v) is 6.14. The van der Waals surface area contributed by atoms with Gasteiger partial charge in [-0.25, -0.2) is 0 Å². The summed E-state index contributed by atoms with van der Waals surface area (Å²) in [6.07, 6.45) is 7.06. The monoisotopic (exact) mass is 420 g/mol. The molecule has 4 nitrogen and oxygen atoms in total. The van der Waals surface area contributed by atoms with E-state index in [1.54, 1.807) is 6.20 Å². The molecule has 0 unspecified atom stereocenters. The van der Waals surface area contributed by atoms with Crippen LogP contribution >= 0.6 is 0 Å². The first-order valence-electron chi connectivity index (χ1n) is 11.4. The number of hydrogen-bond donors (Lipinski definition) is 1. The van der Waals surface area contributed by atoms with Gasteiger partial charge in [0.2, 0.25) is 0 Å². The number of hydrogen-bond acceptors (Lipinski definition) is 4. The van der Waals surface area contributed by atoms with Gasteiger partial charge in [-0.15, -0.1) is 0 Å². The van der Waals surface area contributed by atoms with Crippen LogP contribution in [0.15, 0.2) is 73.1 Å². The Bertz CT molecular complexity index is 1210. The molecule has 1 aliphatic rings. The van der Waals surface area contributed by atoms with Gasteiger partial charge in [0.25, 0.3) is 0 Å². The smallest absolute Gasteiger partial charge is 0.0886 e. The van der Waals surface area contributed by atoms with Crippen molar-refractivity contribution in [2.45, 2.75) is 45.6 Å². The van der Waals surface area contributed by atoms with Crippen LogP contribution in [0.1, 0.15) is 48.6 Å². The van der Waals surface area contributed by atoms with Crippen molar-refractivity contribution in [1.29, 1.82) is 0 Å². The van der Waals surface area contributed by atoms with Crippen LogP contribution in [0.3, 0.4) is 0 Å². The molecule has 0 amide bonds. The lowest BCUT2D eigenvalue weighted by Gasteiger charge is -2.17. The zero-order valence-electron chi connectivity index (χ0n) is 18.7. The molecule has 1 aromatic carbocycles. The number of anilines is 1. The van der Waals surface area contributed by atoms with Gasteiger partial charge in [-0.3, -0.25) is 15.0 Å². The predicted molar refractivity (Wildman–Crippen MR) is 131 cm³/mol. The van der Waals surface area contributed by atoms with Gasteiger partial charge in [0.15, 0.2) is 0 Å². The van der Waals surface area contributed by atoms with Gasteiger partial charge in [-0.1, -0.05) is 50.2 Å². The normalized spacial score (nSPS) is 12.7. The van der Waals surface area contributed by atoms with Gasteiger partial charge < -0.3 is 5.32 Å². The summed E-state index contributed by atoms with van der Waals surface area (Å²) in [5.74, 6) is 0.460. The molecule has 4 heteroatoms. The average molecular weight is 421 g/mol. The van der Waals surface area contributed by atoms with Crippen molar-refractivity contribution >= 4 is 5.69 Å². The first kappa shape index (κ1) is 20.4. The maximum atomic E-state index is 5.07. The Morgan fingerprint density at radius 1 is 0.875 bits per heavy atom. The Labute approximate surface area is 189 Å². The summed E-state index contributed by atoms with van der Waals surface area (Å²) >= 11 is 0. The lowest BCUT2D eigenvalue weighted by molar-refractivity contribution is 0.867. The van der Waals surface area contributed by atoms with Gasteiger partial charge in [0.1, 0.15) is 0 Å². The number of fused-ring (bicyclic) bond motifs is 1. The van der Waals surface area contributed by atoms with E-state index in [1.165, 1.54) is 34.5 Å². The van der Waals surface area contributed by atoms with Crippen LogP contribution in [-0.4, -0.2) is 15.0 Å². The highest BCUT2D eigenvalue weighted by Crippen LogP contribution is 2.35. The van der Waals surface area contributed by atoms with Crippen molar-refractivity contribution in [3.8, 4) is 22.6 Å². The zero-order valence-corrected chi connectivity index (χ0v) is 18.7. The first-order chi connectivity index (χ1) is 15.7. The highest BCUT2D eigenvalue weighted by atomic mass is 14.9. The maximum Gasteiger partial charge on any atom is 0.0886 e. The van der Waals surface area contributed by atoms with Crippen LogP contribution in [0.4, 0.5) is 5.69 Å². The fourth-order valence-corrected chi connectivity index (χ4v) is 4.46. The summed E-state index contributed by atoms with van der Waals surface area (Å²) in [4.78, 5) is 14.1. The second kappa shape index (κ2) is 8.91. The van der Waals surface area contributed by atoms with Gasteiger partial charge >= 0.3 is 0 Å². The molecule has 1 N–H and O–H groups in total. The Kier molecular flexibility index (Phi) is 5.68. The standard InChI is InChI=1S/C28H28N4/c1-19(2)21-8-3-4-9-22(21)28-16-27(23-10-7-12-24(23)32-28)31-18-20-13-14-26(30-17-20)25-11-5-6-15-29-25/h3-6,8-9,11,13-17,19H,7,10,12,18H2,1-2H3,(H,31,32). The van der Waals surface area contributed by atoms with Crippen molar-refractivity contribution in [3.63, 3.8) is 0 Å². The number of nitrogens with one attached hydrogen (secondary N) is 1. The highest BCUT2D eigenvalue weighted by molar-refractivity contribution is 5.71. The summed E-state index contributed by atoms with van der Waals surface area (Å²) in [6, 6.07) is 20.9. The van der Waals surface area contributed by atoms with Crippen LogP contribution in [0.2, 0.25) is 0 Å².